The molecule has 0 atom stereocenters. The lowest BCUT2D eigenvalue weighted by molar-refractivity contribution is 0.263. The fraction of sp³-hybridized carbons (Fsp3) is 0.143. The number of hydrogen-bond donors (Lipinski definition) is 0. The lowest BCUT2D eigenvalue weighted by Gasteiger charge is -2.18. The van der Waals surface area contributed by atoms with Gasteiger partial charge in [-0.05, 0) is 11.1 Å². The number of halogens is 1. The van der Waals surface area contributed by atoms with Crippen LogP contribution in [0, 0.1) is 0 Å². The van der Waals surface area contributed by atoms with E-state index in [1.54, 1.807) is 0 Å². The molecule has 0 radical (unpaired) electrons. The van der Waals surface area contributed by atoms with Crippen LogP contribution in [0.25, 0.3) is 0 Å². The molecule has 2 aromatic carbocycles. The number of hydrogen-bond acceptors (Lipinski definition) is 1. The van der Waals surface area contributed by atoms with E-state index in [-0.39, 0.29) is 6.10 Å². The van der Waals surface area contributed by atoms with Gasteiger partial charge in [0.1, 0.15) is 0 Å². The van der Waals surface area contributed by atoms with Crippen molar-refractivity contribution in [2.75, 3.05) is 4.05 Å². The molecule has 0 saturated heterocycles. The lowest BCUT2D eigenvalue weighted by atomic mass is 10.0. The van der Waals surface area contributed by atoms with Crippen LogP contribution in [0.2, 0.25) is 0 Å². The van der Waals surface area contributed by atoms with Gasteiger partial charge in [-0.1, -0.05) is 83.3 Å². The minimum Gasteiger partial charge on any atom is -0.412 e. The number of rotatable bonds is 5. The summed E-state index contributed by atoms with van der Waals surface area (Å²) in [5.41, 5.74) is 2.49. The summed E-state index contributed by atoms with van der Waals surface area (Å²) in [6.45, 7) is 0. The van der Waals surface area contributed by atoms with E-state index in [9.17, 15) is 0 Å². The Bertz CT molecular complexity index is 393. The van der Waals surface area contributed by atoms with Crippen molar-refractivity contribution in [2.45, 2.75) is 6.10 Å². The second-order valence-electron chi connectivity index (χ2n) is 3.76. The van der Waals surface area contributed by atoms with Gasteiger partial charge in [0.05, 0.1) is 6.10 Å². The van der Waals surface area contributed by atoms with Gasteiger partial charge in [-0.25, -0.2) is 0 Å². The molecule has 2 aromatic rings. The summed E-state index contributed by atoms with van der Waals surface area (Å²) in [5.74, 6) is 0. The SMILES string of the molecule is IC[SiH2]OC(c1ccccc1)c1ccccc1. The Labute approximate surface area is 118 Å². The van der Waals surface area contributed by atoms with Crippen LogP contribution in [0.1, 0.15) is 17.2 Å². The highest BCUT2D eigenvalue weighted by molar-refractivity contribution is 14.1. The Morgan fingerprint density at radius 1 is 0.882 bits per heavy atom. The zero-order valence-electron chi connectivity index (χ0n) is 9.55. The molecule has 88 valence electrons. The Balaban J connectivity index is 2.26. The van der Waals surface area contributed by atoms with Gasteiger partial charge in [0.2, 0.25) is 0 Å². The molecule has 2 rings (SSSR count). The van der Waals surface area contributed by atoms with Gasteiger partial charge < -0.3 is 4.43 Å². The van der Waals surface area contributed by atoms with Gasteiger partial charge in [0, 0.05) is 4.05 Å². The molecule has 0 saturated carbocycles. The lowest BCUT2D eigenvalue weighted by Crippen LogP contribution is -2.10. The Morgan fingerprint density at radius 3 is 1.76 bits per heavy atom. The topological polar surface area (TPSA) is 9.23 Å². The highest BCUT2D eigenvalue weighted by Gasteiger charge is 2.13. The predicted octanol–water partition coefficient (Wildman–Crippen LogP) is 3.27. The van der Waals surface area contributed by atoms with Crippen molar-refractivity contribution >= 4 is 32.4 Å². The van der Waals surface area contributed by atoms with E-state index >= 15 is 0 Å². The summed E-state index contributed by atoms with van der Waals surface area (Å²) in [7, 11) is -0.427. The Hall–Kier alpha value is -0.653. The van der Waals surface area contributed by atoms with Crippen LogP contribution in [0.5, 0.6) is 0 Å². The average molecular weight is 354 g/mol. The standard InChI is InChI=1S/C14H15IOSi/c15-11-17-16-14(12-7-3-1-4-8-12)13-9-5-2-6-10-13/h1-10,14H,11,17H2. The predicted molar refractivity (Wildman–Crippen MR) is 83.2 cm³/mol. The van der Waals surface area contributed by atoms with E-state index in [2.05, 4.69) is 71.1 Å². The minimum absolute atomic E-state index is 0.110. The van der Waals surface area contributed by atoms with Crippen LogP contribution in [-0.2, 0) is 4.43 Å². The third-order valence-corrected chi connectivity index (χ3v) is 4.61. The van der Waals surface area contributed by atoms with Crippen LogP contribution in [0.4, 0.5) is 0 Å². The summed E-state index contributed by atoms with van der Waals surface area (Å²) in [5, 5.41) is 0. The van der Waals surface area contributed by atoms with Crippen LogP contribution in [0.15, 0.2) is 60.7 Å². The van der Waals surface area contributed by atoms with Crippen molar-refractivity contribution in [2.24, 2.45) is 0 Å². The van der Waals surface area contributed by atoms with Crippen molar-refractivity contribution in [3.05, 3.63) is 71.8 Å². The van der Waals surface area contributed by atoms with Crippen molar-refractivity contribution in [3.63, 3.8) is 0 Å². The maximum Gasteiger partial charge on any atom is 0.172 e. The van der Waals surface area contributed by atoms with Crippen molar-refractivity contribution in [3.8, 4) is 0 Å². The first kappa shape index (κ1) is 12.8. The molecule has 0 bridgehead atoms. The summed E-state index contributed by atoms with van der Waals surface area (Å²) < 4.78 is 7.24. The largest absolute Gasteiger partial charge is 0.412 e. The average Bonchev–Trinajstić information content (AvgIpc) is 2.42. The van der Waals surface area contributed by atoms with Crippen LogP contribution in [-0.4, -0.2) is 13.8 Å². The van der Waals surface area contributed by atoms with Crippen molar-refractivity contribution in [1.29, 1.82) is 0 Å². The molecule has 17 heavy (non-hydrogen) atoms. The highest BCUT2D eigenvalue weighted by Crippen LogP contribution is 2.25. The molecular formula is C14H15IOSi. The molecule has 0 fully saturated rings. The van der Waals surface area contributed by atoms with Crippen LogP contribution < -0.4 is 0 Å². The Kier molecular flexibility index (Phi) is 5.22. The van der Waals surface area contributed by atoms with E-state index in [0.717, 1.165) is 4.05 Å². The third kappa shape index (κ3) is 3.66. The molecular weight excluding hydrogens is 339 g/mol. The summed E-state index contributed by atoms with van der Waals surface area (Å²) in [4.78, 5) is 0. The monoisotopic (exact) mass is 354 g/mol. The highest BCUT2D eigenvalue weighted by atomic mass is 127. The van der Waals surface area contributed by atoms with Crippen LogP contribution in [0.3, 0.4) is 0 Å². The molecule has 0 spiro atoms. The van der Waals surface area contributed by atoms with E-state index < -0.39 is 9.76 Å². The summed E-state index contributed by atoms with van der Waals surface area (Å²) in [6, 6.07) is 20.9. The molecule has 0 unspecified atom stereocenters. The van der Waals surface area contributed by atoms with E-state index in [1.807, 2.05) is 12.1 Å². The van der Waals surface area contributed by atoms with E-state index in [0.29, 0.717) is 0 Å². The first-order chi connectivity index (χ1) is 8.42. The maximum absolute atomic E-state index is 6.09. The molecule has 0 N–H and O–H groups in total. The zero-order chi connectivity index (χ0) is 11.9. The van der Waals surface area contributed by atoms with Crippen molar-refractivity contribution in [1.82, 2.24) is 0 Å². The molecule has 0 aliphatic heterocycles. The Morgan fingerprint density at radius 2 is 1.35 bits per heavy atom. The van der Waals surface area contributed by atoms with Gasteiger partial charge in [-0.2, -0.15) is 0 Å². The molecule has 1 nitrogen and oxygen atoms in total. The zero-order valence-corrected chi connectivity index (χ0v) is 13.1. The fourth-order valence-electron chi connectivity index (χ4n) is 1.80. The molecule has 0 heterocycles. The molecule has 0 amide bonds. The third-order valence-electron chi connectivity index (χ3n) is 2.57. The number of alkyl halides is 1. The van der Waals surface area contributed by atoms with E-state index in [1.165, 1.54) is 11.1 Å². The second kappa shape index (κ2) is 6.93. The molecule has 0 aliphatic carbocycles. The normalized spacial score (nSPS) is 11.4. The van der Waals surface area contributed by atoms with E-state index in [4.69, 9.17) is 4.43 Å². The quantitative estimate of drug-likeness (QED) is 0.455. The molecule has 0 aliphatic rings. The molecule has 0 aromatic heterocycles. The second-order valence-corrected chi connectivity index (χ2v) is 8.12. The molecule has 3 heteroatoms. The summed E-state index contributed by atoms with van der Waals surface area (Å²) >= 11 is 2.40. The van der Waals surface area contributed by atoms with Crippen molar-refractivity contribution < 1.29 is 4.43 Å². The van der Waals surface area contributed by atoms with Gasteiger partial charge >= 0.3 is 0 Å². The smallest absolute Gasteiger partial charge is 0.172 e. The minimum atomic E-state index is -0.427. The van der Waals surface area contributed by atoms with Gasteiger partial charge in [-0.3, -0.25) is 0 Å². The maximum atomic E-state index is 6.09. The summed E-state index contributed by atoms with van der Waals surface area (Å²) in [6.07, 6.45) is 0.110. The van der Waals surface area contributed by atoms with Gasteiger partial charge in [0.25, 0.3) is 0 Å². The van der Waals surface area contributed by atoms with Gasteiger partial charge in [0.15, 0.2) is 9.76 Å². The van der Waals surface area contributed by atoms with Crippen LogP contribution >= 0.6 is 22.6 Å². The first-order valence-electron chi connectivity index (χ1n) is 5.69. The first-order valence-corrected chi connectivity index (χ1v) is 8.79. The fourth-order valence-corrected chi connectivity index (χ4v) is 3.28. The number of benzene rings is 2. The van der Waals surface area contributed by atoms with Gasteiger partial charge in [-0.15, -0.1) is 0 Å².